The van der Waals surface area contributed by atoms with E-state index in [1.165, 1.54) is 36.4 Å². The second-order valence-electron chi connectivity index (χ2n) is 6.35. The van der Waals surface area contributed by atoms with Gasteiger partial charge in [-0.3, -0.25) is 19.7 Å². The number of carbonyl (C=O) groups is 2. The quantitative estimate of drug-likeness (QED) is 0.389. The smallest absolute Gasteiger partial charge is 0.273 e. The molecule has 0 unspecified atom stereocenters. The number of nitrogens with one attached hydrogen (secondary N) is 2. The van der Waals surface area contributed by atoms with Crippen molar-refractivity contribution in [3.05, 3.63) is 97.5 Å². The zero-order valence-electron chi connectivity index (χ0n) is 15.6. The van der Waals surface area contributed by atoms with Gasteiger partial charge >= 0.3 is 0 Å². The second-order valence-corrected chi connectivity index (χ2v) is 7.22. The van der Waals surface area contributed by atoms with Crippen LogP contribution in [-0.2, 0) is 0 Å². The Bertz CT molecular complexity index is 1050. The first-order valence-corrected chi connectivity index (χ1v) is 9.43. The third-order valence-corrected chi connectivity index (χ3v) is 4.82. The van der Waals surface area contributed by atoms with E-state index in [1.54, 1.807) is 31.2 Å². The molecule has 0 saturated carbocycles. The first-order chi connectivity index (χ1) is 14.2. The molecule has 0 heterocycles. The van der Waals surface area contributed by atoms with Crippen molar-refractivity contribution in [1.82, 2.24) is 0 Å². The van der Waals surface area contributed by atoms with Crippen molar-refractivity contribution in [3.63, 3.8) is 0 Å². The number of nitro groups is 1. The van der Waals surface area contributed by atoms with E-state index in [-0.39, 0.29) is 17.1 Å². The van der Waals surface area contributed by atoms with Crippen LogP contribution >= 0.6 is 23.2 Å². The summed E-state index contributed by atoms with van der Waals surface area (Å²) in [5, 5.41) is 17.6. The minimum atomic E-state index is -0.602. The van der Waals surface area contributed by atoms with Gasteiger partial charge in [-0.1, -0.05) is 23.2 Å². The molecule has 152 valence electrons. The number of halogens is 2. The average molecular weight is 444 g/mol. The Morgan fingerprint density at radius 3 is 1.50 bits per heavy atom. The molecule has 0 aliphatic carbocycles. The topological polar surface area (TPSA) is 101 Å². The summed E-state index contributed by atoms with van der Waals surface area (Å²) in [5.41, 5.74) is 1.25. The molecule has 0 spiro atoms. The Labute approximate surface area is 181 Å². The number of non-ortho nitro benzene ring substituents is 1. The molecule has 0 radical (unpaired) electrons. The molecule has 0 aliphatic heterocycles. The highest BCUT2D eigenvalue weighted by molar-refractivity contribution is 6.31. The maximum atomic E-state index is 12.5. The predicted molar refractivity (Wildman–Crippen MR) is 117 cm³/mol. The summed E-state index contributed by atoms with van der Waals surface area (Å²) in [6.07, 6.45) is 0. The SMILES string of the molecule is Cc1c(NC(=O)c2ccc(Cl)cc2)cc([N+](=O)[O-])cc1NC(=O)c1ccc(Cl)cc1. The van der Waals surface area contributed by atoms with Crippen LogP contribution < -0.4 is 10.6 Å². The van der Waals surface area contributed by atoms with Crippen LogP contribution in [-0.4, -0.2) is 16.7 Å². The Hall–Kier alpha value is -3.42. The van der Waals surface area contributed by atoms with Gasteiger partial charge in [0.25, 0.3) is 17.5 Å². The van der Waals surface area contributed by atoms with Gasteiger partial charge in [0, 0.05) is 33.3 Å². The number of amides is 2. The van der Waals surface area contributed by atoms with Crippen LogP contribution in [0.3, 0.4) is 0 Å². The highest BCUT2D eigenvalue weighted by Crippen LogP contribution is 2.31. The number of hydrogen-bond acceptors (Lipinski definition) is 4. The fraction of sp³-hybridized carbons (Fsp3) is 0.0476. The van der Waals surface area contributed by atoms with Crippen molar-refractivity contribution >= 4 is 52.1 Å². The van der Waals surface area contributed by atoms with Crippen molar-refractivity contribution in [3.8, 4) is 0 Å². The lowest BCUT2D eigenvalue weighted by Gasteiger charge is -2.14. The van der Waals surface area contributed by atoms with E-state index < -0.39 is 16.7 Å². The molecular weight excluding hydrogens is 429 g/mol. The molecule has 2 amide bonds. The normalized spacial score (nSPS) is 10.4. The number of hydrogen-bond donors (Lipinski definition) is 2. The molecule has 3 rings (SSSR count). The summed E-state index contributed by atoms with van der Waals surface area (Å²) in [6.45, 7) is 1.64. The number of anilines is 2. The number of carbonyl (C=O) groups excluding carboxylic acids is 2. The van der Waals surface area contributed by atoms with E-state index in [0.29, 0.717) is 26.7 Å². The lowest BCUT2D eigenvalue weighted by Crippen LogP contribution is -2.16. The van der Waals surface area contributed by atoms with Crippen molar-refractivity contribution in [2.45, 2.75) is 6.92 Å². The largest absolute Gasteiger partial charge is 0.321 e. The van der Waals surface area contributed by atoms with Crippen LogP contribution in [0.15, 0.2) is 60.7 Å². The molecule has 0 atom stereocenters. The van der Waals surface area contributed by atoms with Crippen LogP contribution in [0.4, 0.5) is 17.1 Å². The number of nitro benzene ring substituents is 1. The molecule has 9 heteroatoms. The Morgan fingerprint density at radius 2 is 1.17 bits per heavy atom. The molecule has 0 bridgehead atoms. The standard InChI is InChI=1S/C21H15Cl2N3O4/c1-12-18(24-20(27)13-2-6-15(22)7-3-13)10-17(26(29)30)11-19(12)25-21(28)14-4-8-16(23)9-5-14/h2-11H,1H3,(H,24,27)(H,25,28). The van der Waals surface area contributed by atoms with E-state index in [4.69, 9.17) is 23.2 Å². The van der Waals surface area contributed by atoms with Crippen molar-refractivity contribution < 1.29 is 14.5 Å². The molecule has 0 fully saturated rings. The minimum absolute atomic E-state index is 0.204. The van der Waals surface area contributed by atoms with Crippen molar-refractivity contribution in [2.24, 2.45) is 0 Å². The van der Waals surface area contributed by atoms with Gasteiger partial charge in [-0.05, 0) is 61.0 Å². The fourth-order valence-electron chi connectivity index (χ4n) is 2.66. The monoisotopic (exact) mass is 443 g/mol. The Kier molecular flexibility index (Phi) is 6.34. The first kappa shape index (κ1) is 21.3. The summed E-state index contributed by atoms with van der Waals surface area (Å²) >= 11 is 11.7. The van der Waals surface area contributed by atoms with Crippen molar-refractivity contribution in [1.29, 1.82) is 0 Å². The van der Waals surface area contributed by atoms with E-state index in [0.717, 1.165) is 0 Å². The van der Waals surface area contributed by atoms with Crippen LogP contribution in [0.1, 0.15) is 26.3 Å². The predicted octanol–water partition coefficient (Wildman–Crippen LogP) is 5.71. The molecule has 3 aromatic carbocycles. The lowest BCUT2D eigenvalue weighted by molar-refractivity contribution is -0.384. The van der Waals surface area contributed by atoms with E-state index in [2.05, 4.69) is 10.6 Å². The van der Waals surface area contributed by atoms with Gasteiger partial charge < -0.3 is 10.6 Å². The molecule has 7 nitrogen and oxygen atoms in total. The second kappa shape index (κ2) is 8.94. The van der Waals surface area contributed by atoms with Gasteiger partial charge in [0.1, 0.15) is 0 Å². The van der Waals surface area contributed by atoms with Gasteiger partial charge in [0.15, 0.2) is 0 Å². The summed E-state index contributed by atoms with van der Waals surface area (Å²) in [4.78, 5) is 35.8. The van der Waals surface area contributed by atoms with Crippen LogP contribution in [0.25, 0.3) is 0 Å². The Balaban J connectivity index is 1.92. The molecule has 0 saturated heterocycles. The summed E-state index contributed by atoms with van der Waals surface area (Å²) in [5.74, 6) is -0.935. The fourth-order valence-corrected chi connectivity index (χ4v) is 2.91. The van der Waals surface area contributed by atoms with Crippen LogP contribution in [0.5, 0.6) is 0 Å². The van der Waals surface area contributed by atoms with Crippen LogP contribution in [0, 0.1) is 17.0 Å². The molecular formula is C21H15Cl2N3O4. The minimum Gasteiger partial charge on any atom is -0.321 e. The molecule has 0 aromatic heterocycles. The maximum Gasteiger partial charge on any atom is 0.273 e. The van der Waals surface area contributed by atoms with Crippen molar-refractivity contribution in [2.75, 3.05) is 10.6 Å². The number of rotatable bonds is 5. The van der Waals surface area contributed by atoms with E-state index >= 15 is 0 Å². The van der Waals surface area contributed by atoms with Gasteiger partial charge in [0.05, 0.1) is 16.3 Å². The van der Waals surface area contributed by atoms with Gasteiger partial charge in [0.2, 0.25) is 0 Å². The van der Waals surface area contributed by atoms with Gasteiger partial charge in [-0.25, -0.2) is 0 Å². The zero-order valence-corrected chi connectivity index (χ0v) is 17.1. The molecule has 2 N–H and O–H groups in total. The summed E-state index contributed by atoms with van der Waals surface area (Å²) < 4.78 is 0. The third-order valence-electron chi connectivity index (χ3n) is 4.31. The van der Waals surface area contributed by atoms with E-state index in [9.17, 15) is 19.7 Å². The summed E-state index contributed by atoms with van der Waals surface area (Å²) in [6, 6.07) is 14.9. The molecule has 30 heavy (non-hydrogen) atoms. The van der Waals surface area contributed by atoms with Crippen LogP contribution in [0.2, 0.25) is 10.0 Å². The zero-order chi connectivity index (χ0) is 21.8. The lowest BCUT2D eigenvalue weighted by atomic mass is 10.1. The number of nitrogens with zero attached hydrogens (tertiary/aromatic N) is 1. The van der Waals surface area contributed by atoms with Gasteiger partial charge in [-0.15, -0.1) is 0 Å². The highest BCUT2D eigenvalue weighted by Gasteiger charge is 2.18. The summed E-state index contributed by atoms with van der Waals surface area (Å²) in [7, 11) is 0. The Morgan fingerprint density at radius 1 is 0.800 bits per heavy atom. The maximum absolute atomic E-state index is 12.5. The highest BCUT2D eigenvalue weighted by atomic mass is 35.5. The molecule has 0 aliphatic rings. The van der Waals surface area contributed by atoms with Gasteiger partial charge in [-0.2, -0.15) is 0 Å². The average Bonchev–Trinajstić information content (AvgIpc) is 2.71. The third kappa shape index (κ3) is 4.94. The first-order valence-electron chi connectivity index (χ1n) is 8.67. The number of benzene rings is 3. The molecule has 3 aromatic rings. The van der Waals surface area contributed by atoms with E-state index in [1.807, 2.05) is 0 Å².